The third-order valence-corrected chi connectivity index (χ3v) is 4.82. The van der Waals surface area contributed by atoms with Crippen LogP contribution in [0.25, 0.3) is 0 Å². The molecule has 0 aromatic heterocycles. The molecule has 1 aromatic carbocycles. The zero-order valence-electron chi connectivity index (χ0n) is 12.8. The summed E-state index contributed by atoms with van der Waals surface area (Å²) in [5.74, 6) is -0.506. The molecule has 1 saturated heterocycles. The molecule has 0 spiro atoms. The van der Waals surface area contributed by atoms with Gasteiger partial charge in [0.25, 0.3) is 0 Å². The highest BCUT2D eigenvalue weighted by Gasteiger charge is 2.44. The SMILES string of the molecule is CN([C@@H]1CCN(CC(F)(F)F)C1=O)[C@@H]1Cc2ccccc2[C@@H]1O. The molecule has 1 aromatic rings. The number of aliphatic hydroxyl groups is 1. The number of aliphatic hydroxyl groups excluding tert-OH is 1. The summed E-state index contributed by atoms with van der Waals surface area (Å²) in [6.45, 7) is -1.10. The summed E-state index contributed by atoms with van der Waals surface area (Å²) < 4.78 is 37.5. The molecule has 1 N–H and O–H groups in total. The monoisotopic (exact) mass is 328 g/mol. The highest BCUT2D eigenvalue weighted by Crippen LogP contribution is 2.36. The Hall–Kier alpha value is -1.60. The Bertz CT molecular complexity index is 605. The molecular formula is C16H19F3N2O2. The van der Waals surface area contributed by atoms with Gasteiger partial charge in [-0.2, -0.15) is 13.2 Å². The van der Waals surface area contributed by atoms with Gasteiger partial charge >= 0.3 is 6.18 Å². The molecular weight excluding hydrogens is 309 g/mol. The number of likely N-dealkylation sites (N-methyl/N-ethyl adjacent to an activating group) is 1. The smallest absolute Gasteiger partial charge is 0.387 e. The first-order valence-electron chi connectivity index (χ1n) is 7.61. The van der Waals surface area contributed by atoms with E-state index < -0.39 is 30.8 Å². The van der Waals surface area contributed by atoms with Crippen molar-refractivity contribution >= 4 is 5.91 Å². The summed E-state index contributed by atoms with van der Waals surface area (Å²) in [4.78, 5) is 14.9. The zero-order valence-corrected chi connectivity index (χ0v) is 12.8. The summed E-state index contributed by atoms with van der Waals surface area (Å²) in [5, 5.41) is 10.5. The maximum Gasteiger partial charge on any atom is 0.406 e. The number of carbonyl (C=O) groups excluding carboxylic acids is 1. The van der Waals surface area contributed by atoms with Crippen molar-refractivity contribution in [3.8, 4) is 0 Å². The maximum absolute atomic E-state index is 12.5. The number of likely N-dealkylation sites (tertiary alicyclic amines) is 1. The molecule has 0 radical (unpaired) electrons. The Morgan fingerprint density at radius 1 is 1.35 bits per heavy atom. The van der Waals surface area contributed by atoms with Crippen LogP contribution >= 0.6 is 0 Å². The van der Waals surface area contributed by atoms with Crippen LogP contribution in [-0.4, -0.2) is 59.2 Å². The lowest BCUT2D eigenvalue weighted by atomic mass is 10.1. The lowest BCUT2D eigenvalue weighted by molar-refractivity contribution is -0.159. The van der Waals surface area contributed by atoms with Crippen molar-refractivity contribution in [1.29, 1.82) is 0 Å². The number of benzene rings is 1. The molecule has 1 heterocycles. The third kappa shape index (κ3) is 3.07. The fourth-order valence-electron chi connectivity index (χ4n) is 3.62. The van der Waals surface area contributed by atoms with Crippen LogP contribution in [-0.2, 0) is 11.2 Å². The van der Waals surface area contributed by atoms with Crippen LogP contribution in [0, 0.1) is 0 Å². The van der Waals surface area contributed by atoms with Gasteiger partial charge in [-0.05, 0) is 31.0 Å². The van der Waals surface area contributed by atoms with Crippen LogP contribution in [0.5, 0.6) is 0 Å². The van der Waals surface area contributed by atoms with Gasteiger partial charge in [0.2, 0.25) is 5.91 Å². The van der Waals surface area contributed by atoms with Crippen molar-refractivity contribution in [2.45, 2.75) is 37.2 Å². The second-order valence-corrected chi connectivity index (χ2v) is 6.26. The first kappa shape index (κ1) is 16.3. The molecule has 3 atom stereocenters. The normalized spacial score (nSPS) is 27.8. The molecule has 1 aliphatic carbocycles. The highest BCUT2D eigenvalue weighted by atomic mass is 19.4. The maximum atomic E-state index is 12.5. The summed E-state index contributed by atoms with van der Waals surface area (Å²) in [6.07, 6.45) is -4.16. The Morgan fingerprint density at radius 2 is 2.04 bits per heavy atom. The Labute approximate surface area is 132 Å². The Kier molecular flexibility index (Phi) is 4.10. The van der Waals surface area contributed by atoms with E-state index in [1.807, 2.05) is 24.3 Å². The number of alkyl halides is 3. The minimum atomic E-state index is -4.38. The van der Waals surface area contributed by atoms with Gasteiger partial charge in [0.15, 0.2) is 0 Å². The second-order valence-electron chi connectivity index (χ2n) is 6.26. The topological polar surface area (TPSA) is 43.8 Å². The zero-order chi connectivity index (χ0) is 16.8. The summed E-state index contributed by atoms with van der Waals surface area (Å²) in [7, 11) is 1.71. The van der Waals surface area contributed by atoms with Gasteiger partial charge in [0, 0.05) is 12.6 Å². The second kappa shape index (κ2) is 5.79. The van der Waals surface area contributed by atoms with Gasteiger partial charge in [-0.1, -0.05) is 24.3 Å². The number of rotatable bonds is 3. The van der Waals surface area contributed by atoms with Crippen LogP contribution in [0.3, 0.4) is 0 Å². The van der Waals surface area contributed by atoms with Crippen LogP contribution in [0.4, 0.5) is 13.2 Å². The van der Waals surface area contributed by atoms with Crippen LogP contribution in [0.15, 0.2) is 24.3 Å². The number of halogens is 3. The van der Waals surface area contributed by atoms with Crippen molar-refractivity contribution in [2.75, 3.05) is 20.1 Å². The quantitative estimate of drug-likeness (QED) is 0.919. The van der Waals surface area contributed by atoms with Crippen LogP contribution in [0.2, 0.25) is 0 Å². The van der Waals surface area contributed by atoms with E-state index in [0.717, 1.165) is 16.0 Å². The van der Waals surface area contributed by atoms with Crippen molar-refractivity contribution in [1.82, 2.24) is 9.80 Å². The van der Waals surface area contributed by atoms with Gasteiger partial charge in [0.1, 0.15) is 6.54 Å². The summed E-state index contributed by atoms with van der Waals surface area (Å²) in [5.41, 5.74) is 1.86. The van der Waals surface area contributed by atoms with Crippen molar-refractivity contribution in [3.05, 3.63) is 35.4 Å². The minimum absolute atomic E-state index is 0.100. The number of amides is 1. The van der Waals surface area contributed by atoms with Crippen LogP contribution < -0.4 is 0 Å². The lowest BCUT2D eigenvalue weighted by Crippen LogP contribution is -2.47. The predicted molar refractivity (Wildman–Crippen MR) is 77.7 cm³/mol. The molecule has 7 heteroatoms. The first-order chi connectivity index (χ1) is 10.8. The molecule has 23 heavy (non-hydrogen) atoms. The molecule has 4 nitrogen and oxygen atoms in total. The standard InChI is InChI=1S/C16H19F3N2O2/c1-20(12-6-7-21(15(12)23)9-16(17,18)19)13-8-10-4-2-3-5-11(10)14(13)22/h2-5,12-14,22H,6-9H2,1H3/t12-,13-,14+/m1/s1. The molecule has 0 saturated carbocycles. The number of fused-ring (bicyclic) bond motifs is 1. The molecule has 126 valence electrons. The van der Waals surface area contributed by atoms with Crippen molar-refractivity contribution < 1.29 is 23.1 Å². The van der Waals surface area contributed by atoms with E-state index in [0.29, 0.717) is 12.8 Å². The minimum Gasteiger partial charge on any atom is -0.387 e. The first-order valence-corrected chi connectivity index (χ1v) is 7.61. The fourth-order valence-corrected chi connectivity index (χ4v) is 3.62. The summed E-state index contributed by atoms with van der Waals surface area (Å²) in [6, 6.07) is 6.62. The van der Waals surface area contributed by atoms with Gasteiger partial charge in [-0.3, -0.25) is 9.69 Å². The number of carbonyl (C=O) groups is 1. The molecule has 3 rings (SSSR count). The Balaban J connectivity index is 1.70. The molecule has 0 unspecified atom stereocenters. The molecule has 1 amide bonds. The molecule has 1 fully saturated rings. The Morgan fingerprint density at radius 3 is 2.70 bits per heavy atom. The molecule has 1 aliphatic heterocycles. The van der Waals surface area contributed by atoms with E-state index in [4.69, 9.17) is 0 Å². The van der Waals surface area contributed by atoms with Crippen LogP contribution in [0.1, 0.15) is 23.7 Å². The van der Waals surface area contributed by atoms with Gasteiger partial charge in [0.05, 0.1) is 12.1 Å². The number of hydrogen-bond donors (Lipinski definition) is 1. The molecule has 0 bridgehead atoms. The van der Waals surface area contributed by atoms with Crippen molar-refractivity contribution in [3.63, 3.8) is 0 Å². The number of hydrogen-bond acceptors (Lipinski definition) is 3. The van der Waals surface area contributed by atoms with E-state index in [2.05, 4.69) is 0 Å². The lowest BCUT2D eigenvalue weighted by Gasteiger charge is -2.31. The predicted octanol–water partition coefficient (Wildman–Crippen LogP) is 1.74. The average molecular weight is 328 g/mol. The van der Waals surface area contributed by atoms with E-state index >= 15 is 0 Å². The van der Waals surface area contributed by atoms with Crippen molar-refractivity contribution in [2.24, 2.45) is 0 Å². The van der Waals surface area contributed by atoms with Gasteiger partial charge < -0.3 is 10.0 Å². The van der Waals surface area contributed by atoms with E-state index in [1.165, 1.54) is 0 Å². The molecule has 2 aliphatic rings. The van der Waals surface area contributed by atoms with Gasteiger partial charge in [-0.15, -0.1) is 0 Å². The largest absolute Gasteiger partial charge is 0.406 e. The summed E-state index contributed by atoms with van der Waals surface area (Å²) >= 11 is 0. The third-order valence-electron chi connectivity index (χ3n) is 4.82. The highest BCUT2D eigenvalue weighted by molar-refractivity contribution is 5.84. The van der Waals surface area contributed by atoms with E-state index in [-0.39, 0.29) is 12.6 Å². The number of nitrogens with zero attached hydrogens (tertiary/aromatic N) is 2. The van der Waals surface area contributed by atoms with E-state index in [9.17, 15) is 23.1 Å². The van der Waals surface area contributed by atoms with E-state index in [1.54, 1.807) is 11.9 Å². The average Bonchev–Trinajstić information content (AvgIpc) is 2.99. The fraction of sp³-hybridized carbons (Fsp3) is 0.562. The van der Waals surface area contributed by atoms with Gasteiger partial charge in [-0.25, -0.2) is 0 Å².